The molecule has 2 aliphatic rings. The molecule has 9 nitrogen and oxygen atoms in total. The second-order valence-electron chi connectivity index (χ2n) is 8.38. The summed E-state index contributed by atoms with van der Waals surface area (Å²) >= 11 is 5.89. The molecule has 3 aromatic rings. The van der Waals surface area contributed by atoms with Crippen LogP contribution in [-0.4, -0.2) is 53.0 Å². The van der Waals surface area contributed by atoms with E-state index in [9.17, 15) is 19.1 Å². The summed E-state index contributed by atoms with van der Waals surface area (Å²) in [5.74, 6) is -1.54. The van der Waals surface area contributed by atoms with Crippen molar-refractivity contribution in [3.8, 4) is 0 Å². The molecular weight excluding hydrogens is 585 g/mol. The molecule has 1 atom stereocenters. The predicted molar refractivity (Wildman–Crippen MR) is 142 cm³/mol. The van der Waals surface area contributed by atoms with E-state index >= 15 is 0 Å². The molecule has 13 heteroatoms. The van der Waals surface area contributed by atoms with Gasteiger partial charge in [0.15, 0.2) is 16.0 Å². The Morgan fingerprint density at radius 2 is 2.05 bits per heavy atom. The average molecular weight is 606 g/mol. The lowest BCUT2D eigenvalue weighted by Crippen LogP contribution is -2.41. The molecule has 1 aromatic carbocycles. The van der Waals surface area contributed by atoms with E-state index in [0.29, 0.717) is 58.7 Å². The highest BCUT2D eigenvalue weighted by molar-refractivity contribution is 9.10. The number of piperidine rings is 1. The van der Waals surface area contributed by atoms with Gasteiger partial charge in [0.1, 0.15) is 16.7 Å². The molecule has 2 aliphatic heterocycles. The van der Waals surface area contributed by atoms with Crippen molar-refractivity contribution < 1.29 is 23.8 Å². The lowest BCUT2D eigenvalue weighted by atomic mass is 9.86. The van der Waals surface area contributed by atoms with Crippen LogP contribution < -0.4 is 10.2 Å². The summed E-state index contributed by atoms with van der Waals surface area (Å²) in [7, 11) is 1.32. The number of benzene rings is 1. The first-order chi connectivity index (χ1) is 17.9. The fraction of sp³-hybridized carbons (Fsp3) is 0.292. The lowest BCUT2D eigenvalue weighted by Gasteiger charge is -2.36. The number of carbonyl (C=O) groups is 2. The third kappa shape index (κ3) is 5.03. The van der Waals surface area contributed by atoms with Crippen LogP contribution in [0.4, 0.5) is 9.52 Å². The van der Waals surface area contributed by atoms with Crippen LogP contribution in [0.2, 0.25) is 0 Å². The molecule has 2 aromatic heterocycles. The molecule has 1 unspecified atom stereocenters. The molecule has 1 fully saturated rings. The Kier molecular flexibility index (Phi) is 7.36. The van der Waals surface area contributed by atoms with Crippen molar-refractivity contribution in [1.82, 2.24) is 15.3 Å². The average Bonchev–Trinajstić information content (AvgIpc) is 3.62. The molecule has 37 heavy (non-hydrogen) atoms. The van der Waals surface area contributed by atoms with Gasteiger partial charge in [-0.05, 0) is 40.4 Å². The van der Waals surface area contributed by atoms with Crippen molar-refractivity contribution in [3.05, 3.63) is 73.0 Å². The number of thiazole rings is 2. The van der Waals surface area contributed by atoms with E-state index in [1.54, 1.807) is 18.3 Å². The van der Waals surface area contributed by atoms with E-state index in [1.165, 1.54) is 30.7 Å². The Bertz CT molecular complexity index is 1400. The third-order valence-corrected chi connectivity index (χ3v) is 8.93. The predicted octanol–water partition coefficient (Wildman–Crippen LogP) is 4.63. The summed E-state index contributed by atoms with van der Waals surface area (Å²) in [6.07, 6.45) is 4.39. The first-order valence-electron chi connectivity index (χ1n) is 11.3. The van der Waals surface area contributed by atoms with E-state index in [0.717, 1.165) is 11.3 Å². The van der Waals surface area contributed by atoms with Crippen molar-refractivity contribution in [2.75, 3.05) is 25.1 Å². The van der Waals surface area contributed by atoms with Gasteiger partial charge >= 0.3 is 11.9 Å². The highest BCUT2D eigenvalue weighted by Gasteiger charge is 2.38. The van der Waals surface area contributed by atoms with Crippen molar-refractivity contribution >= 4 is 61.5 Å². The number of methoxy groups -OCH3 is 1. The van der Waals surface area contributed by atoms with E-state index in [4.69, 9.17) is 9.73 Å². The number of amidine groups is 1. The maximum atomic E-state index is 14.5. The van der Waals surface area contributed by atoms with Crippen LogP contribution in [0.25, 0.3) is 0 Å². The quantitative estimate of drug-likeness (QED) is 0.390. The number of carboxylic acid groups (broad SMARTS) is 1. The maximum Gasteiger partial charge on any atom is 0.347 e. The summed E-state index contributed by atoms with van der Waals surface area (Å²) in [6, 6.07) is 3.86. The molecule has 0 aliphatic carbocycles. The summed E-state index contributed by atoms with van der Waals surface area (Å²) < 4.78 is 19.9. The van der Waals surface area contributed by atoms with Crippen LogP contribution in [0.5, 0.6) is 0 Å². The van der Waals surface area contributed by atoms with Crippen LogP contribution in [0.1, 0.15) is 39.1 Å². The zero-order valence-electron chi connectivity index (χ0n) is 19.5. The van der Waals surface area contributed by atoms with Crippen LogP contribution in [0.15, 0.2) is 56.7 Å². The number of anilines is 1. The first-order valence-corrected chi connectivity index (χ1v) is 13.8. The number of ether oxygens (including phenoxy) is 1. The van der Waals surface area contributed by atoms with E-state index < -0.39 is 23.8 Å². The minimum Gasteiger partial charge on any atom is -0.477 e. The zero-order valence-corrected chi connectivity index (χ0v) is 22.7. The van der Waals surface area contributed by atoms with Gasteiger partial charge in [0.05, 0.1) is 23.4 Å². The van der Waals surface area contributed by atoms with E-state index in [1.807, 2.05) is 10.3 Å². The number of aromatic carboxylic acids is 1. The van der Waals surface area contributed by atoms with Gasteiger partial charge in [-0.1, -0.05) is 23.5 Å². The van der Waals surface area contributed by atoms with E-state index in [2.05, 4.69) is 31.2 Å². The maximum absolute atomic E-state index is 14.5. The number of carbonyl (C=O) groups excluding carboxylic acids is 1. The van der Waals surface area contributed by atoms with E-state index in [-0.39, 0.29) is 15.3 Å². The largest absolute Gasteiger partial charge is 0.477 e. The summed E-state index contributed by atoms with van der Waals surface area (Å²) in [4.78, 5) is 40.1. The highest BCUT2D eigenvalue weighted by Crippen LogP contribution is 2.41. The highest BCUT2D eigenvalue weighted by atomic mass is 79.9. The number of aromatic nitrogens is 2. The van der Waals surface area contributed by atoms with Gasteiger partial charge in [-0.3, -0.25) is 4.99 Å². The van der Waals surface area contributed by atoms with Crippen LogP contribution >= 0.6 is 38.6 Å². The molecular formula is C24H21BrFN5O4S2. The number of aliphatic imine (C=N–C) groups is 1. The number of carboxylic acids is 1. The fourth-order valence-electron chi connectivity index (χ4n) is 4.50. The Balaban J connectivity index is 1.52. The molecule has 0 saturated carbocycles. The smallest absolute Gasteiger partial charge is 0.347 e. The number of nitrogens with one attached hydrogen (secondary N) is 1. The molecule has 0 amide bonds. The van der Waals surface area contributed by atoms with Crippen molar-refractivity contribution in [3.63, 3.8) is 0 Å². The van der Waals surface area contributed by atoms with Crippen LogP contribution in [0, 0.1) is 11.7 Å². The summed E-state index contributed by atoms with van der Waals surface area (Å²) in [5, 5.41) is 15.7. The molecule has 0 spiro atoms. The second kappa shape index (κ2) is 10.7. The molecule has 4 heterocycles. The topological polar surface area (TPSA) is 117 Å². The number of hydrogen-bond donors (Lipinski definition) is 2. The van der Waals surface area contributed by atoms with Gasteiger partial charge in [-0.25, -0.2) is 23.9 Å². The molecule has 0 radical (unpaired) electrons. The van der Waals surface area contributed by atoms with Gasteiger partial charge in [0, 0.05) is 36.3 Å². The van der Waals surface area contributed by atoms with Crippen LogP contribution in [0.3, 0.4) is 0 Å². The molecule has 192 valence electrons. The van der Waals surface area contributed by atoms with Crippen LogP contribution in [-0.2, 0) is 9.53 Å². The normalized spacial score (nSPS) is 18.4. The van der Waals surface area contributed by atoms with Gasteiger partial charge in [0.2, 0.25) is 0 Å². The minimum atomic E-state index is -0.999. The van der Waals surface area contributed by atoms with Gasteiger partial charge in [-0.15, -0.1) is 11.3 Å². The molecule has 1 saturated heterocycles. The Morgan fingerprint density at radius 1 is 1.27 bits per heavy atom. The number of rotatable bonds is 6. The number of allylic oxidation sites excluding steroid dienone is 1. The fourth-order valence-corrected chi connectivity index (χ4v) is 6.37. The van der Waals surface area contributed by atoms with Gasteiger partial charge < -0.3 is 20.1 Å². The van der Waals surface area contributed by atoms with Crippen molar-refractivity contribution in [2.24, 2.45) is 10.9 Å². The lowest BCUT2D eigenvalue weighted by molar-refractivity contribution is -0.136. The number of esters is 1. The Hall–Kier alpha value is -3.16. The number of hydrogen-bond acceptors (Lipinski definition) is 10. The summed E-state index contributed by atoms with van der Waals surface area (Å²) in [5.41, 5.74) is 1.52. The van der Waals surface area contributed by atoms with Gasteiger partial charge in [-0.2, -0.15) is 0 Å². The monoisotopic (exact) mass is 605 g/mol. The Labute approximate surface area is 227 Å². The SMILES string of the molecule is COC(=O)C1=C(C2CCN(c3ncc(C(=O)O)s3)CC2)NC(c2nccs2)=NC1c1cccc(F)c1Br. The molecule has 2 N–H and O–H groups in total. The zero-order chi connectivity index (χ0) is 26.1. The molecule has 0 bridgehead atoms. The van der Waals surface area contributed by atoms with Gasteiger partial charge in [0.25, 0.3) is 0 Å². The minimum absolute atomic E-state index is 0.0513. The number of nitrogens with zero attached hydrogens (tertiary/aromatic N) is 4. The standard InChI is InChI=1S/C24H21BrFN5O4S2/c1-35-23(34)16-18(12-5-8-31(9-6-12)24-28-11-15(37-24)22(32)33)29-20(21-27-7-10-36-21)30-19(16)13-3-2-4-14(26)17(13)25/h2-4,7,10-12,19H,5-6,8-9H2,1H3,(H,29,30)(H,32,33). The Morgan fingerprint density at radius 3 is 2.70 bits per heavy atom. The third-order valence-electron chi connectivity index (χ3n) is 6.27. The second-order valence-corrected chi connectivity index (χ2v) is 11.1. The number of halogens is 2. The van der Waals surface area contributed by atoms with Crippen molar-refractivity contribution in [2.45, 2.75) is 18.9 Å². The molecule has 5 rings (SSSR count). The van der Waals surface area contributed by atoms with Crippen molar-refractivity contribution in [1.29, 1.82) is 0 Å². The first kappa shape index (κ1) is 25.5. The summed E-state index contributed by atoms with van der Waals surface area (Å²) in [6.45, 7) is 1.24.